The van der Waals surface area contributed by atoms with E-state index in [0.717, 1.165) is 5.56 Å². The number of hydrogen-bond donors (Lipinski definition) is 1. The van der Waals surface area contributed by atoms with E-state index in [0.29, 0.717) is 17.9 Å². The number of aliphatic hydroxyl groups is 1. The summed E-state index contributed by atoms with van der Waals surface area (Å²) in [6.45, 7) is 1.81. The second kappa shape index (κ2) is 5.99. The highest BCUT2D eigenvalue weighted by Gasteiger charge is 2.11. The van der Waals surface area contributed by atoms with Crippen molar-refractivity contribution in [3.8, 4) is 17.6 Å². The first-order valence-electron chi connectivity index (χ1n) is 5.09. The Morgan fingerprint density at radius 3 is 2.69 bits per heavy atom. The molecule has 1 unspecified atom stereocenters. The summed E-state index contributed by atoms with van der Waals surface area (Å²) in [6.07, 6.45) is 0.103. The van der Waals surface area contributed by atoms with Gasteiger partial charge in [0, 0.05) is 0 Å². The third kappa shape index (κ3) is 2.88. The molecule has 1 aromatic carbocycles. The minimum atomic E-state index is -0.497. The molecule has 1 atom stereocenters. The summed E-state index contributed by atoms with van der Waals surface area (Å²) >= 11 is 0. The van der Waals surface area contributed by atoms with Gasteiger partial charge in [-0.2, -0.15) is 5.26 Å². The highest BCUT2D eigenvalue weighted by atomic mass is 16.5. The quantitative estimate of drug-likeness (QED) is 0.824. The largest absolute Gasteiger partial charge is 0.493 e. The zero-order valence-electron chi connectivity index (χ0n) is 9.43. The van der Waals surface area contributed by atoms with Gasteiger partial charge in [-0.1, -0.05) is 13.0 Å². The van der Waals surface area contributed by atoms with Gasteiger partial charge < -0.3 is 14.6 Å². The molecule has 1 N–H and O–H groups in total. The number of benzene rings is 1. The van der Waals surface area contributed by atoms with Gasteiger partial charge in [-0.15, -0.1) is 0 Å². The van der Waals surface area contributed by atoms with E-state index in [-0.39, 0.29) is 6.61 Å². The molecule has 0 amide bonds. The predicted octanol–water partition coefficient (Wildman–Crippen LogP) is 1.87. The number of methoxy groups -OCH3 is 1. The zero-order chi connectivity index (χ0) is 12.0. The van der Waals surface area contributed by atoms with Crippen LogP contribution in [-0.4, -0.2) is 18.3 Å². The lowest BCUT2D eigenvalue weighted by molar-refractivity contribution is 0.236. The van der Waals surface area contributed by atoms with Crippen LogP contribution >= 0.6 is 0 Å². The fourth-order valence-corrected chi connectivity index (χ4v) is 1.27. The third-order valence-electron chi connectivity index (χ3n) is 2.19. The molecule has 0 bridgehead atoms. The van der Waals surface area contributed by atoms with E-state index >= 15 is 0 Å². The fourth-order valence-electron chi connectivity index (χ4n) is 1.27. The van der Waals surface area contributed by atoms with Gasteiger partial charge in [0.15, 0.2) is 17.6 Å². The minimum Gasteiger partial charge on any atom is -0.493 e. The van der Waals surface area contributed by atoms with Crippen LogP contribution in [0.15, 0.2) is 18.2 Å². The van der Waals surface area contributed by atoms with Crippen LogP contribution in [-0.2, 0) is 6.61 Å². The van der Waals surface area contributed by atoms with E-state index < -0.39 is 6.10 Å². The summed E-state index contributed by atoms with van der Waals surface area (Å²) in [5.74, 6) is 1.05. The molecule has 0 fully saturated rings. The number of nitriles is 1. The Balaban J connectivity index is 2.95. The second-order valence-electron chi connectivity index (χ2n) is 3.29. The van der Waals surface area contributed by atoms with Crippen LogP contribution in [0, 0.1) is 11.3 Å². The smallest absolute Gasteiger partial charge is 0.184 e. The molecule has 0 saturated heterocycles. The monoisotopic (exact) mass is 221 g/mol. The first-order chi connectivity index (χ1) is 7.74. The number of rotatable bonds is 5. The normalized spacial score (nSPS) is 11.6. The van der Waals surface area contributed by atoms with E-state index in [2.05, 4.69) is 0 Å². The maximum absolute atomic E-state index is 9.01. The summed E-state index contributed by atoms with van der Waals surface area (Å²) in [4.78, 5) is 0. The average Bonchev–Trinajstić information content (AvgIpc) is 2.35. The number of ether oxygens (including phenoxy) is 2. The van der Waals surface area contributed by atoms with E-state index in [4.69, 9.17) is 19.8 Å². The van der Waals surface area contributed by atoms with Crippen LogP contribution in [0.25, 0.3) is 0 Å². The molecular weight excluding hydrogens is 206 g/mol. The van der Waals surface area contributed by atoms with E-state index in [9.17, 15) is 0 Å². The Hall–Kier alpha value is -1.73. The van der Waals surface area contributed by atoms with Crippen molar-refractivity contribution < 1.29 is 14.6 Å². The van der Waals surface area contributed by atoms with E-state index in [1.165, 1.54) is 7.11 Å². The SMILES string of the molecule is CCC(C#N)Oc1cc(CO)ccc1OC. The molecule has 0 saturated carbocycles. The van der Waals surface area contributed by atoms with Crippen LogP contribution in [0.4, 0.5) is 0 Å². The Morgan fingerprint density at radius 2 is 2.19 bits per heavy atom. The molecule has 0 aromatic heterocycles. The van der Waals surface area contributed by atoms with Crippen molar-refractivity contribution in [3.05, 3.63) is 23.8 Å². The van der Waals surface area contributed by atoms with Crippen LogP contribution < -0.4 is 9.47 Å². The maximum atomic E-state index is 9.01. The minimum absolute atomic E-state index is 0.0658. The Kier molecular flexibility index (Phi) is 4.62. The van der Waals surface area contributed by atoms with Crippen molar-refractivity contribution >= 4 is 0 Å². The van der Waals surface area contributed by atoms with Crippen LogP contribution in [0.1, 0.15) is 18.9 Å². The van der Waals surface area contributed by atoms with Crippen LogP contribution in [0.5, 0.6) is 11.5 Å². The molecule has 4 heteroatoms. The lowest BCUT2D eigenvalue weighted by atomic mass is 10.2. The van der Waals surface area contributed by atoms with Gasteiger partial charge in [0.05, 0.1) is 13.7 Å². The van der Waals surface area contributed by atoms with Crippen molar-refractivity contribution in [1.82, 2.24) is 0 Å². The molecule has 0 spiro atoms. The molecule has 1 aromatic rings. The second-order valence-corrected chi connectivity index (χ2v) is 3.29. The zero-order valence-corrected chi connectivity index (χ0v) is 9.43. The third-order valence-corrected chi connectivity index (χ3v) is 2.19. The van der Waals surface area contributed by atoms with Gasteiger partial charge in [-0.3, -0.25) is 0 Å². The van der Waals surface area contributed by atoms with Gasteiger partial charge in [-0.25, -0.2) is 0 Å². The molecular formula is C12H15NO3. The van der Waals surface area contributed by atoms with Crippen molar-refractivity contribution in [2.24, 2.45) is 0 Å². The van der Waals surface area contributed by atoms with Crippen LogP contribution in [0.2, 0.25) is 0 Å². The van der Waals surface area contributed by atoms with E-state index in [1.807, 2.05) is 13.0 Å². The summed E-state index contributed by atoms with van der Waals surface area (Å²) in [7, 11) is 1.54. The number of nitrogens with zero attached hydrogens (tertiary/aromatic N) is 1. The van der Waals surface area contributed by atoms with Crippen LogP contribution in [0.3, 0.4) is 0 Å². The summed E-state index contributed by atoms with van der Waals surface area (Å²) < 4.78 is 10.6. The molecule has 86 valence electrons. The standard InChI is InChI=1S/C12H15NO3/c1-3-10(7-13)16-12-6-9(8-14)4-5-11(12)15-2/h4-6,10,14H,3,8H2,1-2H3. The first-order valence-corrected chi connectivity index (χ1v) is 5.09. The molecule has 0 aliphatic heterocycles. The molecule has 16 heavy (non-hydrogen) atoms. The van der Waals surface area contributed by atoms with Gasteiger partial charge in [0.2, 0.25) is 0 Å². The average molecular weight is 221 g/mol. The molecule has 0 heterocycles. The Morgan fingerprint density at radius 1 is 1.44 bits per heavy atom. The van der Waals surface area contributed by atoms with Gasteiger partial charge in [-0.05, 0) is 24.1 Å². The Bertz CT molecular complexity index is 384. The van der Waals surface area contributed by atoms with Gasteiger partial charge in [0.25, 0.3) is 0 Å². The van der Waals surface area contributed by atoms with Crippen molar-refractivity contribution in [2.75, 3.05) is 7.11 Å². The maximum Gasteiger partial charge on any atom is 0.184 e. The molecule has 4 nitrogen and oxygen atoms in total. The Labute approximate surface area is 95.0 Å². The highest BCUT2D eigenvalue weighted by molar-refractivity contribution is 5.43. The summed E-state index contributed by atoms with van der Waals surface area (Å²) in [5.41, 5.74) is 0.726. The van der Waals surface area contributed by atoms with Gasteiger partial charge >= 0.3 is 0 Å². The van der Waals surface area contributed by atoms with Crippen molar-refractivity contribution in [3.63, 3.8) is 0 Å². The fraction of sp³-hybridized carbons (Fsp3) is 0.417. The summed E-state index contributed by atoms with van der Waals surface area (Å²) in [6, 6.07) is 7.19. The lowest BCUT2D eigenvalue weighted by Gasteiger charge is -2.14. The van der Waals surface area contributed by atoms with E-state index in [1.54, 1.807) is 18.2 Å². The molecule has 0 aliphatic rings. The van der Waals surface area contributed by atoms with Crippen molar-refractivity contribution in [2.45, 2.75) is 26.1 Å². The lowest BCUT2D eigenvalue weighted by Crippen LogP contribution is -2.13. The molecule has 0 radical (unpaired) electrons. The van der Waals surface area contributed by atoms with Gasteiger partial charge in [0.1, 0.15) is 6.07 Å². The number of aliphatic hydroxyl groups excluding tert-OH is 1. The predicted molar refractivity (Wildman–Crippen MR) is 59.2 cm³/mol. The molecule has 1 rings (SSSR count). The number of hydrogen-bond acceptors (Lipinski definition) is 4. The van der Waals surface area contributed by atoms with Crippen molar-refractivity contribution in [1.29, 1.82) is 5.26 Å². The topological polar surface area (TPSA) is 62.5 Å². The summed E-state index contributed by atoms with van der Waals surface area (Å²) in [5, 5.41) is 17.8. The molecule has 0 aliphatic carbocycles. The first kappa shape index (κ1) is 12.3. The highest BCUT2D eigenvalue weighted by Crippen LogP contribution is 2.29.